The predicted octanol–water partition coefficient (Wildman–Crippen LogP) is 4.40. The summed E-state index contributed by atoms with van der Waals surface area (Å²) < 4.78 is 11.3. The highest BCUT2D eigenvalue weighted by Gasteiger charge is 2.29. The van der Waals surface area contributed by atoms with Crippen LogP contribution in [0.15, 0.2) is 60.7 Å². The third kappa shape index (κ3) is 6.82. The molecule has 2 aromatic carbocycles. The average Bonchev–Trinajstić information content (AvgIpc) is 2.74. The minimum Gasteiger partial charge on any atom is -0.455 e. The first-order valence-electron chi connectivity index (χ1n) is 9.78. The van der Waals surface area contributed by atoms with Gasteiger partial charge in [-0.05, 0) is 37.1 Å². The van der Waals surface area contributed by atoms with Crippen LogP contribution in [0.1, 0.15) is 59.7 Å². The lowest BCUT2D eigenvalue weighted by molar-refractivity contribution is -0.0457. The second-order valence-corrected chi connectivity index (χ2v) is 6.63. The SMILES string of the molecule is CCCCCC(OC(=O)c1ccccc1)C(CCO)OC(=O)c1ccccc1. The Kier molecular flexibility index (Phi) is 9.22. The number of ether oxygens (including phenoxy) is 2. The Labute approximate surface area is 166 Å². The zero-order valence-corrected chi connectivity index (χ0v) is 16.3. The molecule has 5 heteroatoms. The zero-order chi connectivity index (χ0) is 20.2. The van der Waals surface area contributed by atoms with E-state index in [2.05, 4.69) is 6.92 Å². The van der Waals surface area contributed by atoms with Gasteiger partial charge in [0.2, 0.25) is 0 Å². The number of aliphatic hydroxyl groups excluding tert-OH is 1. The van der Waals surface area contributed by atoms with Crippen LogP contribution in [-0.2, 0) is 9.47 Å². The van der Waals surface area contributed by atoms with Crippen molar-refractivity contribution in [3.63, 3.8) is 0 Å². The van der Waals surface area contributed by atoms with Crippen molar-refractivity contribution in [1.29, 1.82) is 0 Å². The summed E-state index contributed by atoms with van der Waals surface area (Å²) >= 11 is 0. The van der Waals surface area contributed by atoms with Gasteiger partial charge in [0.25, 0.3) is 0 Å². The summed E-state index contributed by atoms with van der Waals surface area (Å²) in [6.07, 6.45) is 2.30. The fourth-order valence-electron chi connectivity index (χ4n) is 2.92. The van der Waals surface area contributed by atoms with Gasteiger partial charge in [-0.15, -0.1) is 0 Å². The van der Waals surface area contributed by atoms with E-state index in [0.717, 1.165) is 19.3 Å². The first-order valence-corrected chi connectivity index (χ1v) is 9.78. The van der Waals surface area contributed by atoms with Crippen LogP contribution < -0.4 is 0 Å². The van der Waals surface area contributed by atoms with E-state index in [1.807, 2.05) is 12.1 Å². The molecule has 5 nitrogen and oxygen atoms in total. The summed E-state index contributed by atoms with van der Waals surface area (Å²) in [5.74, 6) is -0.948. The molecule has 0 radical (unpaired) electrons. The van der Waals surface area contributed by atoms with Crippen LogP contribution in [0.2, 0.25) is 0 Å². The molecular formula is C23H28O5. The van der Waals surface area contributed by atoms with Gasteiger partial charge in [-0.25, -0.2) is 9.59 Å². The molecule has 0 fully saturated rings. The van der Waals surface area contributed by atoms with Crippen LogP contribution in [0.4, 0.5) is 0 Å². The maximum absolute atomic E-state index is 12.5. The number of carbonyl (C=O) groups is 2. The molecule has 0 amide bonds. The Morgan fingerprint density at radius 3 is 1.68 bits per heavy atom. The Balaban J connectivity index is 2.13. The summed E-state index contributed by atoms with van der Waals surface area (Å²) in [6, 6.07) is 17.4. The fraction of sp³-hybridized carbons (Fsp3) is 0.391. The van der Waals surface area contributed by atoms with Crippen molar-refractivity contribution in [1.82, 2.24) is 0 Å². The molecule has 0 bridgehead atoms. The maximum atomic E-state index is 12.5. The van der Waals surface area contributed by atoms with E-state index in [0.29, 0.717) is 17.5 Å². The van der Waals surface area contributed by atoms with E-state index >= 15 is 0 Å². The Morgan fingerprint density at radius 1 is 0.786 bits per heavy atom. The smallest absolute Gasteiger partial charge is 0.338 e. The van der Waals surface area contributed by atoms with E-state index in [9.17, 15) is 14.7 Å². The van der Waals surface area contributed by atoms with Gasteiger partial charge >= 0.3 is 11.9 Å². The summed E-state index contributed by atoms with van der Waals surface area (Å²) in [7, 11) is 0. The largest absolute Gasteiger partial charge is 0.455 e. The molecule has 28 heavy (non-hydrogen) atoms. The molecule has 0 heterocycles. The maximum Gasteiger partial charge on any atom is 0.338 e. The quantitative estimate of drug-likeness (QED) is 0.459. The molecule has 2 rings (SSSR count). The van der Waals surface area contributed by atoms with Crippen molar-refractivity contribution in [3.8, 4) is 0 Å². The standard InChI is InChI=1S/C23H28O5/c1-2-3-6-15-20(27-22(25)18-11-7-4-8-12-18)21(16-17-24)28-23(26)19-13-9-5-10-14-19/h4-5,7-14,20-21,24H,2-3,6,15-17H2,1H3. The molecule has 0 aliphatic heterocycles. The average molecular weight is 384 g/mol. The molecule has 0 aromatic heterocycles. The van der Waals surface area contributed by atoms with Gasteiger partial charge < -0.3 is 14.6 Å². The monoisotopic (exact) mass is 384 g/mol. The highest BCUT2D eigenvalue weighted by molar-refractivity contribution is 5.90. The van der Waals surface area contributed by atoms with Gasteiger partial charge in [-0.1, -0.05) is 56.2 Å². The number of rotatable bonds is 11. The molecule has 0 aliphatic carbocycles. The lowest BCUT2D eigenvalue weighted by Gasteiger charge is -2.27. The van der Waals surface area contributed by atoms with Crippen LogP contribution in [0.3, 0.4) is 0 Å². The predicted molar refractivity (Wildman–Crippen MR) is 107 cm³/mol. The van der Waals surface area contributed by atoms with E-state index < -0.39 is 24.1 Å². The second-order valence-electron chi connectivity index (χ2n) is 6.63. The number of hydrogen-bond acceptors (Lipinski definition) is 5. The van der Waals surface area contributed by atoms with E-state index in [1.54, 1.807) is 48.5 Å². The van der Waals surface area contributed by atoms with Crippen LogP contribution >= 0.6 is 0 Å². The molecule has 2 unspecified atom stereocenters. The third-order valence-electron chi connectivity index (χ3n) is 4.46. The minimum absolute atomic E-state index is 0.167. The van der Waals surface area contributed by atoms with Crippen LogP contribution in [0.25, 0.3) is 0 Å². The van der Waals surface area contributed by atoms with Crippen molar-refractivity contribution in [2.75, 3.05) is 6.61 Å². The lowest BCUT2D eigenvalue weighted by atomic mass is 10.0. The number of unbranched alkanes of at least 4 members (excludes halogenated alkanes) is 2. The minimum atomic E-state index is -0.706. The third-order valence-corrected chi connectivity index (χ3v) is 4.46. The number of aliphatic hydroxyl groups is 1. The van der Waals surface area contributed by atoms with Gasteiger partial charge in [-0.2, -0.15) is 0 Å². The first kappa shape index (κ1) is 21.6. The summed E-state index contributed by atoms with van der Waals surface area (Å²) in [4.78, 5) is 25.0. The summed E-state index contributed by atoms with van der Waals surface area (Å²) in [5, 5.41) is 9.46. The van der Waals surface area contributed by atoms with E-state index in [1.165, 1.54) is 0 Å². The van der Waals surface area contributed by atoms with E-state index in [-0.39, 0.29) is 13.0 Å². The summed E-state index contributed by atoms with van der Waals surface area (Å²) in [6.45, 7) is 1.92. The highest BCUT2D eigenvalue weighted by Crippen LogP contribution is 2.19. The fourth-order valence-corrected chi connectivity index (χ4v) is 2.92. The normalized spacial score (nSPS) is 12.8. The molecule has 2 aromatic rings. The van der Waals surface area contributed by atoms with Crippen molar-refractivity contribution in [2.24, 2.45) is 0 Å². The second kappa shape index (κ2) is 11.9. The molecular weight excluding hydrogens is 356 g/mol. The number of benzene rings is 2. The number of carbonyl (C=O) groups excluding carboxylic acids is 2. The Bertz CT molecular complexity index is 714. The van der Waals surface area contributed by atoms with Crippen molar-refractivity contribution in [2.45, 2.75) is 51.2 Å². The topological polar surface area (TPSA) is 72.8 Å². The van der Waals surface area contributed by atoms with Gasteiger partial charge in [0.15, 0.2) is 0 Å². The van der Waals surface area contributed by atoms with Crippen molar-refractivity contribution < 1.29 is 24.2 Å². The van der Waals surface area contributed by atoms with Gasteiger partial charge in [0, 0.05) is 13.0 Å². The van der Waals surface area contributed by atoms with Crippen LogP contribution in [-0.4, -0.2) is 35.9 Å². The van der Waals surface area contributed by atoms with Crippen LogP contribution in [0.5, 0.6) is 0 Å². The van der Waals surface area contributed by atoms with Gasteiger partial charge in [-0.3, -0.25) is 0 Å². The van der Waals surface area contributed by atoms with E-state index in [4.69, 9.17) is 9.47 Å². The van der Waals surface area contributed by atoms with Crippen LogP contribution in [0, 0.1) is 0 Å². The Morgan fingerprint density at radius 2 is 1.25 bits per heavy atom. The van der Waals surface area contributed by atoms with Crippen molar-refractivity contribution in [3.05, 3.63) is 71.8 Å². The first-order chi connectivity index (χ1) is 13.7. The van der Waals surface area contributed by atoms with Gasteiger partial charge in [0.05, 0.1) is 11.1 Å². The molecule has 2 atom stereocenters. The highest BCUT2D eigenvalue weighted by atomic mass is 16.6. The Hall–Kier alpha value is -2.66. The van der Waals surface area contributed by atoms with Gasteiger partial charge in [0.1, 0.15) is 12.2 Å². The van der Waals surface area contributed by atoms with Crippen molar-refractivity contribution >= 4 is 11.9 Å². The molecule has 1 N–H and O–H groups in total. The molecule has 0 saturated heterocycles. The molecule has 0 aliphatic rings. The lowest BCUT2D eigenvalue weighted by Crippen LogP contribution is -2.36. The molecule has 0 spiro atoms. The number of esters is 2. The molecule has 0 saturated carbocycles. The zero-order valence-electron chi connectivity index (χ0n) is 16.3. The molecule has 150 valence electrons. The number of hydrogen-bond donors (Lipinski definition) is 1. The summed E-state index contributed by atoms with van der Waals surface area (Å²) in [5.41, 5.74) is 0.868.